The smallest absolute Gasteiger partial charge is 0.406 e. The number of benzene rings is 2. The average molecular weight is 558 g/mol. The summed E-state index contributed by atoms with van der Waals surface area (Å²) in [6.45, 7) is 4.00. The van der Waals surface area contributed by atoms with Crippen molar-refractivity contribution in [3.63, 3.8) is 0 Å². The molecular weight excluding hydrogens is 532 g/mol. The molecule has 0 saturated heterocycles. The van der Waals surface area contributed by atoms with Crippen LogP contribution in [0.3, 0.4) is 0 Å². The predicted octanol–water partition coefficient (Wildman–Crippen LogP) is 9.52. The second-order valence-corrected chi connectivity index (χ2v) is 8.62. The Morgan fingerprint density at radius 1 is 0.486 bits per heavy atom. The van der Waals surface area contributed by atoms with Crippen LogP contribution in [0.1, 0.15) is 37.5 Å². The van der Waals surface area contributed by atoms with Crippen LogP contribution in [0.2, 0.25) is 0 Å². The van der Waals surface area contributed by atoms with E-state index in [-0.39, 0.29) is 20.8 Å². The Labute approximate surface area is 206 Å². The molecule has 13 heteroatoms. The lowest BCUT2D eigenvalue weighted by Crippen LogP contribution is -2.51. The van der Waals surface area contributed by atoms with Crippen LogP contribution in [0, 0.1) is 19.3 Å². The Bertz CT molecular complexity index is 918. The van der Waals surface area contributed by atoms with Gasteiger partial charge < -0.3 is 4.74 Å². The predicted molar refractivity (Wildman–Crippen MR) is 114 cm³/mol. The van der Waals surface area contributed by atoms with E-state index in [0.717, 1.165) is 17.9 Å². The monoisotopic (exact) mass is 558 g/mol. The van der Waals surface area contributed by atoms with Crippen LogP contribution in [-0.2, 0) is 5.41 Å². The molecule has 0 heterocycles. The van der Waals surface area contributed by atoms with Gasteiger partial charge in [0.25, 0.3) is 0 Å². The van der Waals surface area contributed by atoms with E-state index in [4.69, 9.17) is 4.74 Å². The third kappa shape index (κ3) is 8.74. The summed E-state index contributed by atoms with van der Waals surface area (Å²) < 4.78 is 151. The molecule has 0 fully saturated rings. The van der Waals surface area contributed by atoms with Gasteiger partial charge in [0.15, 0.2) is 10.8 Å². The molecule has 0 unspecified atom stereocenters. The van der Waals surface area contributed by atoms with Gasteiger partial charge in [-0.2, -0.15) is 52.7 Å². The maximum absolute atomic E-state index is 12.7. The molecule has 2 aromatic carbocycles. The highest BCUT2D eigenvalue weighted by atomic mass is 19.4. The van der Waals surface area contributed by atoms with Crippen molar-refractivity contribution in [2.75, 3.05) is 7.11 Å². The van der Waals surface area contributed by atoms with E-state index in [2.05, 4.69) is 6.92 Å². The van der Waals surface area contributed by atoms with Crippen LogP contribution in [0.4, 0.5) is 52.7 Å². The number of halogens is 12. The number of alkyl halides is 12. The van der Waals surface area contributed by atoms with E-state index < -0.39 is 41.1 Å². The van der Waals surface area contributed by atoms with Crippen molar-refractivity contribution in [1.82, 2.24) is 0 Å². The van der Waals surface area contributed by atoms with Gasteiger partial charge in [0, 0.05) is 0 Å². The summed E-state index contributed by atoms with van der Waals surface area (Å²) in [6.07, 6.45) is -21.3. The van der Waals surface area contributed by atoms with Crippen molar-refractivity contribution < 1.29 is 57.4 Å². The van der Waals surface area contributed by atoms with Gasteiger partial charge in [-0.15, -0.1) is 0 Å². The maximum Gasteiger partial charge on any atom is 0.406 e. The SMILES string of the molecule is CC(C)(C(F)(F)F)C(F)(F)F.COc1ccc(C)cc1.Cc1ccc(C(C)(C(F)(F)F)C(F)(F)F)cc1. The van der Waals surface area contributed by atoms with Gasteiger partial charge in [-0.05, 0) is 52.3 Å². The van der Waals surface area contributed by atoms with Crippen molar-refractivity contribution in [2.24, 2.45) is 5.41 Å². The van der Waals surface area contributed by atoms with Crippen molar-refractivity contribution in [2.45, 2.75) is 64.7 Å². The minimum Gasteiger partial charge on any atom is -0.497 e. The van der Waals surface area contributed by atoms with E-state index in [9.17, 15) is 52.7 Å². The molecule has 0 aliphatic rings. The first kappa shape index (κ1) is 34.4. The Hall–Kier alpha value is -2.60. The Kier molecular flexibility index (Phi) is 11.0. The highest BCUT2D eigenvalue weighted by molar-refractivity contribution is 5.31. The zero-order chi connectivity index (χ0) is 29.7. The standard InChI is InChI=1S/C11H10F6.C8H10O.C5H6F6/c1-7-3-5-8(6-4-7)9(2,10(12,13)14)11(15,16)17;1-7-3-5-8(9-2)6-4-7;1-3(2,4(6,7)8)5(9,10)11/h3-6H,1-2H3;3-6H,1-2H3;1-2H3. The lowest BCUT2D eigenvalue weighted by molar-refractivity contribution is -0.327. The molecule has 0 aromatic heterocycles. The number of hydrogen-bond acceptors (Lipinski definition) is 1. The van der Waals surface area contributed by atoms with Crippen LogP contribution in [-0.4, -0.2) is 31.8 Å². The topological polar surface area (TPSA) is 9.23 Å². The van der Waals surface area contributed by atoms with E-state index >= 15 is 0 Å². The summed E-state index contributed by atoms with van der Waals surface area (Å²) in [5.41, 5.74) is -6.41. The van der Waals surface area contributed by atoms with Crippen LogP contribution in [0.25, 0.3) is 0 Å². The first-order valence-electron chi connectivity index (χ1n) is 10.3. The van der Waals surface area contributed by atoms with Crippen LogP contribution in [0.15, 0.2) is 48.5 Å². The molecule has 212 valence electrons. The molecule has 0 amide bonds. The van der Waals surface area contributed by atoms with Gasteiger partial charge in [0.05, 0.1) is 7.11 Å². The van der Waals surface area contributed by atoms with Crippen molar-refractivity contribution in [1.29, 1.82) is 0 Å². The summed E-state index contributed by atoms with van der Waals surface area (Å²) >= 11 is 0. The van der Waals surface area contributed by atoms with Crippen LogP contribution < -0.4 is 4.74 Å². The summed E-state index contributed by atoms with van der Waals surface area (Å²) in [6, 6.07) is 12.1. The summed E-state index contributed by atoms with van der Waals surface area (Å²) in [5, 5.41) is 0. The average Bonchev–Trinajstić information content (AvgIpc) is 2.72. The minimum absolute atomic E-state index is 0.104. The number of aryl methyl sites for hydroxylation is 2. The molecule has 0 aliphatic carbocycles. The second kappa shape index (κ2) is 11.8. The molecule has 0 N–H and O–H groups in total. The minimum atomic E-state index is -5.39. The second-order valence-electron chi connectivity index (χ2n) is 8.62. The van der Waals surface area contributed by atoms with Gasteiger partial charge in [0.2, 0.25) is 0 Å². The van der Waals surface area contributed by atoms with Gasteiger partial charge >= 0.3 is 24.7 Å². The molecule has 2 rings (SSSR count). The lowest BCUT2D eigenvalue weighted by Gasteiger charge is -2.34. The highest BCUT2D eigenvalue weighted by Gasteiger charge is 2.68. The molecule has 0 atom stereocenters. The molecule has 0 bridgehead atoms. The van der Waals surface area contributed by atoms with E-state index in [1.807, 2.05) is 24.3 Å². The zero-order valence-electron chi connectivity index (χ0n) is 20.6. The Morgan fingerprint density at radius 3 is 1.00 bits per heavy atom. The molecule has 0 saturated carbocycles. The van der Waals surface area contributed by atoms with Crippen molar-refractivity contribution >= 4 is 0 Å². The molecular formula is C24H26F12O. The molecule has 0 spiro atoms. The van der Waals surface area contributed by atoms with Gasteiger partial charge in [-0.1, -0.05) is 47.5 Å². The fraction of sp³-hybridized carbons (Fsp3) is 0.500. The first-order chi connectivity index (χ1) is 16.3. The van der Waals surface area contributed by atoms with Crippen LogP contribution >= 0.6 is 0 Å². The molecule has 37 heavy (non-hydrogen) atoms. The third-order valence-electron chi connectivity index (χ3n) is 5.44. The van der Waals surface area contributed by atoms with Crippen molar-refractivity contribution in [3.8, 4) is 5.75 Å². The van der Waals surface area contributed by atoms with Gasteiger partial charge in [-0.3, -0.25) is 0 Å². The summed E-state index contributed by atoms with van der Waals surface area (Å²) in [5.74, 6) is 0.917. The van der Waals surface area contributed by atoms with Gasteiger partial charge in [0.1, 0.15) is 5.75 Å². The normalized spacial score (nSPS) is 13.1. The fourth-order valence-corrected chi connectivity index (χ4v) is 2.21. The molecule has 1 nitrogen and oxygen atoms in total. The summed E-state index contributed by atoms with van der Waals surface area (Å²) in [4.78, 5) is 0. The largest absolute Gasteiger partial charge is 0.497 e. The number of rotatable bonds is 2. The Morgan fingerprint density at radius 2 is 0.784 bits per heavy atom. The third-order valence-corrected chi connectivity index (χ3v) is 5.44. The first-order valence-corrected chi connectivity index (χ1v) is 10.3. The van der Waals surface area contributed by atoms with E-state index in [1.54, 1.807) is 14.0 Å². The Balaban J connectivity index is 0.000000560. The lowest BCUT2D eigenvalue weighted by atomic mass is 9.80. The molecule has 2 aromatic rings. The van der Waals surface area contributed by atoms with Gasteiger partial charge in [-0.25, -0.2) is 0 Å². The fourth-order valence-electron chi connectivity index (χ4n) is 2.21. The van der Waals surface area contributed by atoms with Crippen molar-refractivity contribution in [3.05, 3.63) is 65.2 Å². The number of hydrogen-bond donors (Lipinski definition) is 0. The van der Waals surface area contributed by atoms with E-state index in [1.165, 1.54) is 17.7 Å². The summed E-state index contributed by atoms with van der Waals surface area (Å²) in [7, 11) is 1.67. The molecule has 0 radical (unpaired) electrons. The maximum atomic E-state index is 12.7. The zero-order valence-corrected chi connectivity index (χ0v) is 20.6. The number of methoxy groups -OCH3 is 1. The molecule has 0 aliphatic heterocycles. The highest BCUT2D eigenvalue weighted by Crippen LogP contribution is 2.52. The van der Waals surface area contributed by atoms with Crippen LogP contribution in [0.5, 0.6) is 5.75 Å². The van der Waals surface area contributed by atoms with E-state index in [0.29, 0.717) is 5.56 Å². The quantitative estimate of drug-likeness (QED) is 0.334. The number of ether oxygens (including phenoxy) is 1.